The Morgan fingerprint density at radius 1 is 1.33 bits per heavy atom. The molecule has 1 fully saturated rings. The van der Waals surface area contributed by atoms with Crippen LogP contribution in [0.25, 0.3) is 5.69 Å². The molecule has 3 heterocycles. The number of hydrogen-bond donors (Lipinski definition) is 1. The highest BCUT2D eigenvalue weighted by Gasteiger charge is 2.27. The Balaban J connectivity index is 1.45. The molecule has 7 nitrogen and oxygen atoms in total. The van der Waals surface area contributed by atoms with E-state index in [1.807, 2.05) is 23.8 Å². The number of nitrogens with zero attached hydrogens (tertiary/aromatic N) is 5. The molecule has 0 saturated heterocycles. The monoisotopic (exact) mass is 340 g/mol. The third kappa shape index (κ3) is 3.05. The highest BCUT2D eigenvalue weighted by molar-refractivity contribution is 7.11. The van der Waals surface area contributed by atoms with Gasteiger partial charge < -0.3 is 9.88 Å². The van der Waals surface area contributed by atoms with Gasteiger partial charge in [-0.15, -0.1) is 10.2 Å². The first kappa shape index (κ1) is 14.9. The predicted octanol–water partition coefficient (Wildman–Crippen LogP) is 2.23. The topological polar surface area (TPSA) is 85.6 Å². The summed E-state index contributed by atoms with van der Waals surface area (Å²) < 4.78 is 1.91. The minimum absolute atomic E-state index is 0.224. The third-order valence-corrected chi connectivity index (χ3v) is 4.98. The second-order valence-electron chi connectivity index (χ2n) is 5.73. The number of hydrogen-bond acceptors (Lipinski definition) is 6. The Morgan fingerprint density at radius 2 is 2.21 bits per heavy atom. The molecule has 24 heavy (non-hydrogen) atoms. The zero-order chi connectivity index (χ0) is 16.5. The van der Waals surface area contributed by atoms with E-state index in [0.717, 1.165) is 21.5 Å². The van der Waals surface area contributed by atoms with Gasteiger partial charge in [-0.3, -0.25) is 9.78 Å². The number of carbonyl (C=O) groups excluding carboxylic acids is 1. The normalized spacial score (nSPS) is 13.9. The van der Waals surface area contributed by atoms with Crippen molar-refractivity contribution in [1.29, 1.82) is 0 Å². The lowest BCUT2D eigenvalue weighted by atomic mass is 10.3. The molecule has 3 aromatic rings. The van der Waals surface area contributed by atoms with Crippen LogP contribution in [0.3, 0.4) is 0 Å². The van der Waals surface area contributed by atoms with E-state index >= 15 is 0 Å². The number of pyridine rings is 1. The van der Waals surface area contributed by atoms with Crippen LogP contribution in [0, 0.1) is 6.92 Å². The van der Waals surface area contributed by atoms with E-state index in [4.69, 9.17) is 0 Å². The lowest BCUT2D eigenvalue weighted by Gasteiger charge is -2.07. The van der Waals surface area contributed by atoms with Crippen molar-refractivity contribution in [2.75, 3.05) is 0 Å². The maximum absolute atomic E-state index is 12.3. The second kappa shape index (κ2) is 6.12. The van der Waals surface area contributed by atoms with E-state index in [1.165, 1.54) is 12.8 Å². The summed E-state index contributed by atoms with van der Waals surface area (Å²) in [4.78, 5) is 20.7. The van der Waals surface area contributed by atoms with E-state index in [-0.39, 0.29) is 5.91 Å². The molecule has 1 aliphatic rings. The van der Waals surface area contributed by atoms with E-state index in [1.54, 1.807) is 29.8 Å². The van der Waals surface area contributed by atoms with Crippen molar-refractivity contribution >= 4 is 17.2 Å². The second-order valence-corrected chi connectivity index (χ2v) is 6.83. The zero-order valence-corrected chi connectivity index (χ0v) is 14.0. The van der Waals surface area contributed by atoms with E-state index < -0.39 is 0 Å². The molecule has 0 unspecified atom stereocenters. The number of nitrogens with one attached hydrogen (secondary N) is 1. The summed E-state index contributed by atoms with van der Waals surface area (Å²) in [5, 5.41) is 13.1. The van der Waals surface area contributed by atoms with Gasteiger partial charge in [0.15, 0.2) is 0 Å². The number of carbonyl (C=O) groups is 1. The van der Waals surface area contributed by atoms with Gasteiger partial charge in [0.05, 0.1) is 12.2 Å². The van der Waals surface area contributed by atoms with Crippen LogP contribution in [0.15, 0.2) is 30.7 Å². The summed E-state index contributed by atoms with van der Waals surface area (Å²) in [6, 6.07) is 3.60. The van der Waals surface area contributed by atoms with Crippen LogP contribution in [-0.4, -0.2) is 30.6 Å². The summed E-state index contributed by atoms with van der Waals surface area (Å²) in [5.41, 5.74) is 1.23. The van der Waals surface area contributed by atoms with Crippen molar-refractivity contribution in [2.24, 2.45) is 0 Å². The van der Waals surface area contributed by atoms with E-state index in [9.17, 15) is 4.79 Å². The van der Waals surface area contributed by atoms with Gasteiger partial charge in [0.25, 0.3) is 5.91 Å². The Kier molecular flexibility index (Phi) is 3.81. The van der Waals surface area contributed by atoms with Crippen LogP contribution < -0.4 is 5.32 Å². The molecule has 122 valence electrons. The Bertz CT molecular complexity index is 882. The van der Waals surface area contributed by atoms with Crippen LogP contribution in [0.5, 0.6) is 0 Å². The fourth-order valence-corrected chi connectivity index (χ4v) is 3.38. The first-order valence-electron chi connectivity index (χ1n) is 7.77. The molecule has 0 radical (unpaired) electrons. The molecule has 1 N–H and O–H groups in total. The minimum atomic E-state index is -0.224. The van der Waals surface area contributed by atoms with E-state index in [2.05, 4.69) is 25.5 Å². The van der Waals surface area contributed by atoms with E-state index in [0.29, 0.717) is 18.2 Å². The predicted molar refractivity (Wildman–Crippen MR) is 89.2 cm³/mol. The smallest absolute Gasteiger partial charge is 0.270 e. The average Bonchev–Trinajstić information content (AvgIpc) is 3.19. The first-order valence-corrected chi connectivity index (χ1v) is 8.59. The van der Waals surface area contributed by atoms with Crippen LogP contribution in [-0.2, 0) is 6.54 Å². The Labute approximate surface area is 142 Å². The Hall–Kier alpha value is -2.61. The van der Waals surface area contributed by atoms with Crippen molar-refractivity contribution < 1.29 is 4.79 Å². The molecular weight excluding hydrogens is 324 g/mol. The largest absolute Gasteiger partial charge is 0.344 e. The number of imidazole rings is 1. The minimum Gasteiger partial charge on any atom is -0.344 e. The van der Waals surface area contributed by atoms with Gasteiger partial charge in [-0.1, -0.05) is 11.3 Å². The summed E-state index contributed by atoms with van der Waals surface area (Å²) in [5.74, 6) is 1.22. The standard InChI is InChI=1S/C16H16N6OS/c1-10-17-6-7-22(10)12-4-5-18-13(8-12)15(23)19-9-14-20-21-16(24-14)11-2-3-11/h4-8,11H,2-3,9H2,1H3,(H,19,23). The summed E-state index contributed by atoms with van der Waals surface area (Å²) in [6.07, 6.45) is 7.60. The first-order chi connectivity index (χ1) is 11.7. The summed E-state index contributed by atoms with van der Waals surface area (Å²) in [7, 11) is 0. The highest BCUT2D eigenvalue weighted by Crippen LogP contribution is 2.41. The summed E-state index contributed by atoms with van der Waals surface area (Å²) >= 11 is 1.57. The van der Waals surface area contributed by atoms with Gasteiger partial charge in [-0.05, 0) is 31.9 Å². The molecule has 0 aliphatic heterocycles. The van der Waals surface area contributed by atoms with Gasteiger partial charge in [0.2, 0.25) is 0 Å². The van der Waals surface area contributed by atoms with Gasteiger partial charge in [0.1, 0.15) is 21.5 Å². The SMILES string of the molecule is Cc1nccn1-c1ccnc(C(=O)NCc2nnc(C3CC3)s2)c1. The molecule has 4 rings (SSSR count). The lowest BCUT2D eigenvalue weighted by Crippen LogP contribution is -2.24. The highest BCUT2D eigenvalue weighted by atomic mass is 32.1. The summed E-state index contributed by atoms with van der Waals surface area (Å²) in [6.45, 7) is 2.28. The number of aryl methyl sites for hydroxylation is 1. The van der Waals surface area contributed by atoms with Crippen molar-refractivity contribution in [3.8, 4) is 5.69 Å². The number of amides is 1. The zero-order valence-electron chi connectivity index (χ0n) is 13.1. The quantitative estimate of drug-likeness (QED) is 0.770. The maximum atomic E-state index is 12.3. The average molecular weight is 340 g/mol. The molecule has 0 spiro atoms. The molecule has 1 saturated carbocycles. The number of rotatable bonds is 5. The van der Waals surface area contributed by atoms with Crippen LogP contribution in [0.4, 0.5) is 0 Å². The van der Waals surface area contributed by atoms with Gasteiger partial charge in [-0.2, -0.15) is 0 Å². The van der Waals surface area contributed by atoms with Gasteiger partial charge in [0, 0.05) is 24.5 Å². The molecule has 1 aliphatic carbocycles. The fourth-order valence-electron chi connectivity index (χ4n) is 2.42. The van der Waals surface area contributed by atoms with Crippen LogP contribution in [0.1, 0.15) is 45.1 Å². The van der Waals surface area contributed by atoms with Crippen molar-refractivity contribution in [3.05, 3.63) is 52.3 Å². The van der Waals surface area contributed by atoms with Crippen LogP contribution in [0.2, 0.25) is 0 Å². The maximum Gasteiger partial charge on any atom is 0.270 e. The van der Waals surface area contributed by atoms with Gasteiger partial charge in [-0.25, -0.2) is 4.98 Å². The van der Waals surface area contributed by atoms with Crippen molar-refractivity contribution in [3.63, 3.8) is 0 Å². The Morgan fingerprint density at radius 3 is 2.96 bits per heavy atom. The van der Waals surface area contributed by atoms with Crippen molar-refractivity contribution in [1.82, 2.24) is 30.0 Å². The van der Waals surface area contributed by atoms with Crippen molar-refractivity contribution in [2.45, 2.75) is 32.2 Å². The molecule has 8 heteroatoms. The third-order valence-electron chi connectivity index (χ3n) is 3.89. The molecular formula is C16H16N6OS. The lowest BCUT2D eigenvalue weighted by molar-refractivity contribution is 0.0946. The molecule has 1 amide bonds. The van der Waals surface area contributed by atoms with Gasteiger partial charge >= 0.3 is 0 Å². The molecule has 0 aromatic carbocycles. The van der Waals surface area contributed by atoms with Crippen LogP contribution >= 0.6 is 11.3 Å². The molecule has 0 bridgehead atoms. The molecule has 0 atom stereocenters. The molecule has 3 aromatic heterocycles. The fraction of sp³-hybridized carbons (Fsp3) is 0.312. The number of aromatic nitrogens is 5.